The summed E-state index contributed by atoms with van der Waals surface area (Å²) in [7, 11) is 0. The van der Waals surface area contributed by atoms with Crippen molar-refractivity contribution in [1.82, 2.24) is 4.90 Å². The fraction of sp³-hybridized carbons (Fsp3) is 0.529. The topological polar surface area (TPSA) is 49.4 Å². The Bertz CT molecular complexity index is 639. The number of benzene rings is 1. The van der Waals surface area contributed by atoms with Gasteiger partial charge in [-0.25, -0.2) is 0 Å². The highest BCUT2D eigenvalue weighted by atomic mass is 19.4. The minimum absolute atomic E-state index is 0.0660. The summed E-state index contributed by atoms with van der Waals surface area (Å²) in [5, 5.41) is 2.35. The molecule has 0 spiro atoms. The van der Waals surface area contributed by atoms with Crippen LogP contribution in [0.5, 0.6) is 0 Å². The molecule has 1 N–H and O–H groups in total. The number of anilines is 1. The monoisotopic (exact) mass is 340 g/mol. The highest BCUT2D eigenvalue weighted by Crippen LogP contribution is 2.35. The predicted octanol–water partition coefficient (Wildman–Crippen LogP) is 3.44. The van der Waals surface area contributed by atoms with Crippen molar-refractivity contribution in [3.05, 3.63) is 29.8 Å². The number of nitrogens with one attached hydrogen (secondary N) is 1. The first-order chi connectivity index (χ1) is 11.4. The molecule has 1 aliphatic heterocycles. The van der Waals surface area contributed by atoms with Gasteiger partial charge in [0.1, 0.15) is 0 Å². The molecule has 1 atom stereocenters. The maximum atomic E-state index is 13.0. The number of carbonyl (C=O) groups excluding carboxylic acids is 2. The number of halogens is 3. The normalized spacial score (nSPS) is 22.2. The molecule has 2 aliphatic rings. The average molecular weight is 340 g/mol. The number of carbonyl (C=O) groups is 2. The highest BCUT2D eigenvalue weighted by Gasteiger charge is 2.39. The second kappa shape index (κ2) is 6.45. The number of rotatable bonds is 3. The van der Waals surface area contributed by atoms with E-state index >= 15 is 0 Å². The summed E-state index contributed by atoms with van der Waals surface area (Å²) in [5.41, 5.74) is -1.14. The van der Waals surface area contributed by atoms with Crippen LogP contribution in [0.15, 0.2) is 24.3 Å². The van der Waals surface area contributed by atoms with Gasteiger partial charge in [-0.1, -0.05) is 25.0 Å². The van der Waals surface area contributed by atoms with Crippen LogP contribution < -0.4 is 5.32 Å². The first-order valence-corrected chi connectivity index (χ1v) is 8.13. The molecule has 0 aromatic heterocycles. The van der Waals surface area contributed by atoms with Gasteiger partial charge < -0.3 is 10.2 Å². The second-order valence-electron chi connectivity index (χ2n) is 6.42. The molecular formula is C17H19F3N2O2. The first kappa shape index (κ1) is 16.8. The molecule has 3 rings (SSSR count). The number of nitrogens with zero attached hydrogens (tertiary/aromatic N) is 1. The second-order valence-corrected chi connectivity index (χ2v) is 6.42. The minimum atomic E-state index is -4.54. The highest BCUT2D eigenvalue weighted by molar-refractivity contribution is 5.97. The zero-order chi connectivity index (χ0) is 17.3. The zero-order valence-electron chi connectivity index (χ0n) is 13.1. The quantitative estimate of drug-likeness (QED) is 0.916. The Balaban J connectivity index is 1.69. The van der Waals surface area contributed by atoms with Crippen molar-refractivity contribution in [2.45, 2.75) is 44.3 Å². The third-order valence-electron chi connectivity index (χ3n) is 4.79. The summed E-state index contributed by atoms with van der Waals surface area (Å²) in [6, 6.07) is 5.05. The van der Waals surface area contributed by atoms with Gasteiger partial charge in [-0.15, -0.1) is 0 Å². The molecule has 1 aliphatic carbocycles. The number of amides is 2. The van der Waals surface area contributed by atoms with Gasteiger partial charge in [-0.3, -0.25) is 9.59 Å². The fourth-order valence-electron chi connectivity index (χ4n) is 3.55. The van der Waals surface area contributed by atoms with Crippen LogP contribution in [-0.4, -0.2) is 29.3 Å². The van der Waals surface area contributed by atoms with Crippen LogP contribution in [0, 0.1) is 5.92 Å². The summed E-state index contributed by atoms with van der Waals surface area (Å²) < 4.78 is 39.0. The summed E-state index contributed by atoms with van der Waals surface area (Å²) in [6.45, 7) is 0.295. The van der Waals surface area contributed by atoms with Gasteiger partial charge in [0, 0.05) is 19.0 Å². The Kier molecular flexibility index (Phi) is 4.51. The fourth-order valence-corrected chi connectivity index (χ4v) is 3.55. The van der Waals surface area contributed by atoms with Crippen LogP contribution >= 0.6 is 0 Å². The zero-order valence-corrected chi connectivity index (χ0v) is 13.1. The maximum absolute atomic E-state index is 13.0. The Morgan fingerprint density at radius 1 is 1.17 bits per heavy atom. The SMILES string of the molecule is O=C(Nc1ccccc1C(F)(F)F)C1CC(=O)N(C2CCCC2)C1. The van der Waals surface area contributed by atoms with Crippen LogP contribution in [-0.2, 0) is 15.8 Å². The lowest BCUT2D eigenvalue weighted by Crippen LogP contribution is -2.35. The van der Waals surface area contributed by atoms with Crippen LogP contribution in [0.25, 0.3) is 0 Å². The largest absolute Gasteiger partial charge is 0.418 e. The van der Waals surface area contributed by atoms with E-state index in [0.717, 1.165) is 31.7 Å². The number of likely N-dealkylation sites (tertiary alicyclic amines) is 1. The lowest BCUT2D eigenvalue weighted by atomic mass is 10.1. The van der Waals surface area contributed by atoms with Gasteiger partial charge in [-0.05, 0) is 25.0 Å². The van der Waals surface area contributed by atoms with Crippen molar-refractivity contribution in [2.75, 3.05) is 11.9 Å². The minimum Gasteiger partial charge on any atom is -0.339 e. The molecule has 1 aromatic rings. The Morgan fingerprint density at radius 2 is 1.83 bits per heavy atom. The van der Waals surface area contributed by atoms with Crippen molar-refractivity contribution < 1.29 is 22.8 Å². The van der Waals surface area contributed by atoms with Crippen molar-refractivity contribution in [3.8, 4) is 0 Å². The Hall–Kier alpha value is -2.05. The predicted molar refractivity (Wildman–Crippen MR) is 82.1 cm³/mol. The van der Waals surface area contributed by atoms with Crippen molar-refractivity contribution in [1.29, 1.82) is 0 Å². The molecule has 1 unspecified atom stereocenters. The molecule has 1 saturated carbocycles. The van der Waals surface area contributed by atoms with Gasteiger partial charge in [-0.2, -0.15) is 13.2 Å². The van der Waals surface area contributed by atoms with E-state index in [4.69, 9.17) is 0 Å². The molecule has 24 heavy (non-hydrogen) atoms. The van der Waals surface area contributed by atoms with Gasteiger partial charge in [0.05, 0.1) is 17.2 Å². The number of alkyl halides is 3. The number of para-hydroxylation sites is 1. The number of hydrogen-bond acceptors (Lipinski definition) is 2. The van der Waals surface area contributed by atoms with Crippen molar-refractivity contribution >= 4 is 17.5 Å². The van der Waals surface area contributed by atoms with E-state index in [1.165, 1.54) is 18.2 Å². The first-order valence-electron chi connectivity index (χ1n) is 8.13. The molecule has 1 aromatic carbocycles. The molecule has 1 saturated heterocycles. The summed E-state index contributed by atoms with van der Waals surface area (Å²) >= 11 is 0. The van der Waals surface area contributed by atoms with Crippen LogP contribution in [0.1, 0.15) is 37.7 Å². The molecule has 0 radical (unpaired) electrons. The van der Waals surface area contributed by atoms with Crippen LogP contribution in [0.3, 0.4) is 0 Å². The Labute approximate surface area is 138 Å². The number of hydrogen-bond donors (Lipinski definition) is 1. The molecule has 4 nitrogen and oxygen atoms in total. The summed E-state index contributed by atoms with van der Waals surface area (Å²) in [5.74, 6) is -1.20. The molecule has 2 amide bonds. The third kappa shape index (κ3) is 3.39. The van der Waals surface area contributed by atoms with E-state index in [0.29, 0.717) is 6.54 Å². The standard InChI is InChI=1S/C17H19F3N2O2/c18-17(19,20)13-7-3-4-8-14(13)21-16(24)11-9-15(23)22(10-11)12-5-1-2-6-12/h3-4,7-8,11-12H,1-2,5-6,9-10H2,(H,21,24). The lowest BCUT2D eigenvalue weighted by Gasteiger charge is -2.24. The molecule has 1 heterocycles. The average Bonchev–Trinajstić information content (AvgIpc) is 3.15. The molecular weight excluding hydrogens is 321 g/mol. The van der Waals surface area contributed by atoms with Crippen molar-refractivity contribution in [3.63, 3.8) is 0 Å². The van der Waals surface area contributed by atoms with E-state index in [-0.39, 0.29) is 24.1 Å². The molecule has 2 fully saturated rings. The molecule has 0 bridgehead atoms. The smallest absolute Gasteiger partial charge is 0.339 e. The van der Waals surface area contributed by atoms with Gasteiger partial charge in [0.25, 0.3) is 0 Å². The molecule has 130 valence electrons. The van der Waals surface area contributed by atoms with Crippen LogP contribution in [0.2, 0.25) is 0 Å². The maximum Gasteiger partial charge on any atom is 0.418 e. The van der Waals surface area contributed by atoms with Gasteiger partial charge in [0.15, 0.2) is 0 Å². The third-order valence-corrected chi connectivity index (χ3v) is 4.79. The summed E-state index contributed by atoms with van der Waals surface area (Å²) in [6.07, 6.45) is -0.440. The Morgan fingerprint density at radius 3 is 2.50 bits per heavy atom. The van der Waals surface area contributed by atoms with Crippen LogP contribution in [0.4, 0.5) is 18.9 Å². The van der Waals surface area contributed by atoms with Crippen molar-refractivity contribution in [2.24, 2.45) is 5.92 Å². The summed E-state index contributed by atoms with van der Waals surface area (Å²) in [4.78, 5) is 26.2. The van der Waals surface area contributed by atoms with E-state index in [9.17, 15) is 22.8 Å². The van der Waals surface area contributed by atoms with Gasteiger partial charge in [0.2, 0.25) is 11.8 Å². The van der Waals surface area contributed by atoms with E-state index in [1.54, 1.807) is 4.90 Å². The van der Waals surface area contributed by atoms with E-state index in [2.05, 4.69) is 5.32 Å². The van der Waals surface area contributed by atoms with E-state index in [1.807, 2.05) is 0 Å². The lowest BCUT2D eigenvalue weighted by molar-refractivity contribution is -0.137. The molecule has 7 heteroatoms. The van der Waals surface area contributed by atoms with E-state index < -0.39 is 23.6 Å². The van der Waals surface area contributed by atoms with Gasteiger partial charge >= 0.3 is 6.18 Å².